The second-order valence-corrected chi connectivity index (χ2v) is 6.02. The van der Waals surface area contributed by atoms with Crippen LogP contribution in [0.2, 0.25) is 0 Å². The van der Waals surface area contributed by atoms with Crippen molar-refractivity contribution in [2.45, 2.75) is 25.9 Å². The molecule has 0 aliphatic carbocycles. The summed E-state index contributed by atoms with van der Waals surface area (Å²) in [6.45, 7) is 2.73. The lowest BCUT2D eigenvalue weighted by Crippen LogP contribution is -2.33. The summed E-state index contributed by atoms with van der Waals surface area (Å²) in [5.41, 5.74) is 2.81. The van der Waals surface area contributed by atoms with Gasteiger partial charge in [0.25, 0.3) is 0 Å². The van der Waals surface area contributed by atoms with Gasteiger partial charge < -0.3 is 14.8 Å². The van der Waals surface area contributed by atoms with Crippen LogP contribution >= 0.6 is 0 Å². The lowest BCUT2D eigenvalue weighted by Gasteiger charge is -2.31. The van der Waals surface area contributed by atoms with Crippen LogP contribution in [0.15, 0.2) is 42.7 Å². The third-order valence-electron chi connectivity index (χ3n) is 4.32. The number of methoxy groups -OCH3 is 1. The Bertz CT molecular complexity index is 700. The molecule has 1 amide bonds. The first-order valence-corrected chi connectivity index (χ1v) is 8.16. The minimum atomic E-state index is -0.230. The van der Waals surface area contributed by atoms with Gasteiger partial charge in [-0.1, -0.05) is 29.8 Å². The molecule has 1 aromatic heterocycles. The summed E-state index contributed by atoms with van der Waals surface area (Å²) in [7, 11) is 1.57. The van der Waals surface area contributed by atoms with Gasteiger partial charge in [0.2, 0.25) is 5.91 Å². The minimum absolute atomic E-state index is 0.0634. The zero-order valence-corrected chi connectivity index (χ0v) is 14.0. The summed E-state index contributed by atoms with van der Waals surface area (Å²) in [6.07, 6.45) is 4.69. The van der Waals surface area contributed by atoms with Gasteiger partial charge in [0.1, 0.15) is 11.4 Å². The maximum Gasteiger partial charge on any atom is 0.230 e. The van der Waals surface area contributed by atoms with Gasteiger partial charge in [-0.15, -0.1) is 0 Å². The number of carbonyl (C=O) groups is 1. The predicted molar refractivity (Wildman–Crippen MR) is 92.0 cm³/mol. The van der Waals surface area contributed by atoms with E-state index in [1.54, 1.807) is 25.6 Å². The Kier molecular flexibility index (Phi) is 5.11. The Balaban J connectivity index is 1.79. The first-order valence-electron chi connectivity index (χ1n) is 8.16. The van der Waals surface area contributed by atoms with Crippen molar-refractivity contribution in [3.63, 3.8) is 0 Å². The van der Waals surface area contributed by atoms with Gasteiger partial charge in [-0.25, -0.2) is 0 Å². The first kappa shape index (κ1) is 16.5. The summed E-state index contributed by atoms with van der Waals surface area (Å²) in [6, 6.07) is 9.90. The largest absolute Gasteiger partial charge is 0.494 e. The fraction of sp³-hybridized carbons (Fsp3) is 0.368. The lowest BCUT2D eigenvalue weighted by atomic mass is 9.88. The molecule has 3 rings (SSSR count). The molecule has 0 saturated carbocycles. The van der Waals surface area contributed by atoms with E-state index in [4.69, 9.17) is 9.47 Å². The lowest BCUT2D eigenvalue weighted by molar-refractivity contribution is -0.129. The van der Waals surface area contributed by atoms with E-state index in [9.17, 15) is 4.79 Å². The van der Waals surface area contributed by atoms with E-state index in [1.165, 1.54) is 5.56 Å². The maximum atomic E-state index is 12.8. The van der Waals surface area contributed by atoms with Crippen LogP contribution in [0.25, 0.3) is 0 Å². The molecule has 2 heterocycles. The van der Waals surface area contributed by atoms with Crippen molar-refractivity contribution in [1.82, 2.24) is 4.98 Å². The average Bonchev–Trinajstić information content (AvgIpc) is 2.63. The zero-order chi connectivity index (χ0) is 16.9. The standard InChI is InChI=1S/C19H22N2O3/c1-13-5-7-14(8-6-13)18-15(4-3-11-24-18)19(22)21-16-12-20-10-9-17(16)23-2/h5-10,12,15,18H,3-4,11H2,1-2H3,(H,21,22)/t15-,18-/m1/s1. The summed E-state index contributed by atoms with van der Waals surface area (Å²) < 4.78 is 11.2. The van der Waals surface area contributed by atoms with Crippen LogP contribution in [0.1, 0.15) is 30.1 Å². The first-order chi connectivity index (χ1) is 11.7. The molecule has 0 bridgehead atoms. The summed E-state index contributed by atoms with van der Waals surface area (Å²) >= 11 is 0. The van der Waals surface area contributed by atoms with Gasteiger partial charge >= 0.3 is 0 Å². The Morgan fingerprint density at radius 3 is 2.83 bits per heavy atom. The van der Waals surface area contributed by atoms with E-state index in [0.717, 1.165) is 18.4 Å². The van der Waals surface area contributed by atoms with Gasteiger partial charge in [-0.05, 0) is 25.3 Å². The number of carbonyl (C=O) groups excluding carboxylic acids is 1. The number of rotatable bonds is 4. The number of aromatic nitrogens is 1. The molecule has 5 nitrogen and oxygen atoms in total. The van der Waals surface area contributed by atoms with Crippen molar-refractivity contribution in [3.05, 3.63) is 53.9 Å². The highest BCUT2D eigenvalue weighted by Gasteiger charge is 2.33. The number of benzene rings is 1. The normalized spacial score (nSPS) is 20.4. The number of amides is 1. The fourth-order valence-electron chi connectivity index (χ4n) is 3.01. The number of hydrogen-bond donors (Lipinski definition) is 1. The molecule has 2 aromatic rings. The van der Waals surface area contributed by atoms with Crippen LogP contribution in [0.4, 0.5) is 5.69 Å². The molecule has 1 aliphatic heterocycles. The van der Waals surface area contributed by atoms with Crippen LogP contribution < -0.4 is 10.1 Å². The molecule has 1 aromatic carbocycles. The van der Waals surface area contributed by atoms with E-state index in [-0.39, 0.29) is 17.9 Å². The third kappa shape index (κ3) is 3.57. The summed E-state index contributed by atoms with van der Waals surface area (Å²) in [5, 5.41) is 2.94. The van der Waals surface area contributed by atoms with Gasteiger partial charge in [0.15, 0.2) is 0 Å². The zero-order valence-electron chi connectivity index (χ0n) is 14.0. The highest BCUT2D eigenvalue weighted by Crippen LogP contribution is 2.35. The van der Waals surface area contributed by atoms with Crippen LogP contribution in [-0.2, 0) is 9.53 Å². The van der Waals surface area contributed by atoms with E-state index >= 15 is 0 Å². The highest BCUT2D eigenvalue weighted by molar-refractivity contribution is 5.94. The van der Waals surface area contributed by atoms with Crippen molar-refractivity contribution in [3.8, 4) is 5.75 Å². The van der Waals surface area contributed by atoms with Crippen molar-refractivity contribution >= 4 is 11.6 Å². The number of pyridine rings is 1. The van der Waals surface area contributed by atoms with Crippen LogP contribution in [-0.4, -0.2) is 24.6 Å². The number of nitrogens with zero attached hydrogens (tertiary/aromatic N) is 1. The molecular formula is C19H22N2O3. The van der Waals surface area contributed by atoms with Gasteiger partial charge in [0, 0.05) is 18.9 Å². The van der Waals surface area contributed by atoms with Crippen molar-refractivity contribution in [2.75, 3.05) is 19.0 Å². The van der Waals surface area contributed by atoms with E-state index in [2.05, 4.69) is 10.3 Å². The summed E-state index contributed by atoms with van der Waals surface area (Å²) in [5.74, 6) is 0.305. The summed E-state index contributed by atoms with van der Waals surface area (Å²) in [4.78, 5) is 16.9. The highest BCUT2D eigenvalue weighted by atomic mass is 16.5. The molecule has 5 heteroatoms. The van der Waals surface area contributed by atoms with E-state index in [0.29, 0.717) is 18.0 Å². The molecule has 2 atom stereocenters. The van der Waals surface area contributed by atoms with E-state index in [1.807, 2.05) is 31.2 Å². The smallest absolute Gasteiger partial charge is 0.230 e. The van der Waals surface area contributed by atoms with Crippen molar-refractivity contribution in [2.24, 2.45) is 5.92 Å². The molecular weight excluding hydrogens is 304 g/mol. The van der Waals surface area contributed by atoms with Crippen LogP contribution in [0, 0.1) is 12.8 Å². The third-order valence-corrected chi connectivity index (χ3v) is 4.32. The molecule has 1 fully saturated rings. The monoisotopic (exact) mass is 326 g/mol. The Morgan fingerprint density at radius 2 is 2.08 bits per heavy atom. The number of ether oxygens (including phenoxy) is 2. The number of aryl methyl sites for hydroxylation is 1. The average molecular weight is 326 g/mol. The van der Waals surface area contributed by atoms with Crippen molar-refractivity contribution in [1.29, 1.82) is 0 Å². The van der Waals surface area contributed by atoms with Gasteiger partial charge in [-0.3, -0.25) is 9.78 Å². The number of hydrogen-bond acceptors (Lipinski definition) is 4. The maximum absolute atomic E-state index is 12.8. The number of anilines is 1. The minimum Gasteiger partial charge on any atom is -0.494 e. The van der Waals surface area contributed by atoms with E-state index < -0.39 is 0 Å². The van der Waals surface area contributed by atoms with Crippen LogP contribution in [0.5, 0.6) is 5.75 Å². The second-order valence-electron chi connectivity index (χ2n) is 6.02. The molecule has 0 radical (unpaired) electrons. The molecule has 24 heavy (non-hydrogen) atoms. The molecule has 126 valence electrons. The molecule has 1 saturated heterocycles. The Morgan fingerprint density at radius 1 is 1.29 bits per heavy atom. The topological polar surface area (TPSA) is 60.5 Å². The number of nitrogens with one attached hydrogen (secondary N) is 1. The Labute approximate surface area is 142 Å². The predicted octanol–water partition coefficient (Wildman–Crippen LogP) is 3.51. The van der Waals surface area contributed by atoms with Crippen LogP contribution in [0.3, 0.4) is 0 Å². The molecule has 1 aliphatic rings. The van der Waals surface area contributed by atoms with Gasteiger partial charge in [0.05, 0.1) is 25.3 Å². The van der Waals surface area contributed by atoms with Gasteiger partial charge in [-0.2, -0.15) is 0 Å². The quantitative estimate of drug-likeness (QED) is 0.934. The van der Waals surface area contributed by atoms with Crippen molar-refractivity contribution < 1.29 is 14.3 Å². The fourth-order valence-corrected chi connectivity index (χ4v) is 3.01. The second kappa shape index (κ2) is 7.45. The SMILES string of the molecule is COc1ccncc1NC(=O)[C@@H]1CCCO[C@@H]1c1ccc(C)cc1. The molecule has 0 spiro atoms. The Hall–Kier alpha value is -2.40. The molecule has 0 unspecified atom stereocenters. The molecule has 1 N–H and O–H groups in total.